The van der Waals surface area contributed by atoms with Crippen LogP contribution in [0.2, 0.25) is 0 Å². The van der Waals surface area contributed by atoms with E-state index < -0.39 is 60.7 Å². The summed E-state index contributed by atoms with van der Waals surface area (Å²) in [6.45, 7) is -0.767. The van der Waals surface area contributed by atoms with Crippen molar-refractivity contribution in [1.82, 2.24) is 9.55 Å². The molecule has 1 aromatic rings. The van der Waals surface area contributed by atoms with E-state index in [1.807, 2.05) is 0 Å². The number of hydrogen-bond acceptors (Lipinski definition) is 12. The summed E-state index contributed by atoms with van der Waals surface area (Å²) in [5.41, 5.74) is 4.45. The van der Waals surface area contributed by atoms with Gasteiger partial charge in [0.05, 0.1) is 0 Å². The third kappa shape index (κ3) is 6.19. The van der Waals surface area contributed by atoms with Crippen LogP contribution in [0.1, 0.15) is 6.23 Å². The van der Waals surface area contributed by atoms with E-state index in [1.54, 1.807) is 0 Å². The third-order valence-electron chi connectivity index (χ3n) is 3.19. The van der Waals surface area contributed by atoms with Crippen LogP contribution < -0.4 is 11.4 Å². The molecule has 0 aromatic carbocycles. The highest BCUT2D eigenvalue weighted by atomic mass is 31.3. The molecule has 0 bridgehead atoms. The van der Waals surface area contributed by atoms with Gasteiger partial charge in [0.2, 0.25) is 0 Å². The minimum atomic E-state index is -5.42. The lowest BCUT2D eigenvalue weighted by Gasteiger charge is -2.16. The standard InChI is InChI=1S/C9H14N3O13P3/c10-5-1-2-12(9(15)11-5)8-7(14)6(13)4(23-8)3-22-26(16)24-28(20,21)25-27(17,18)19/h1-2,4,6-8,13-14H,3H2,(H4-,10,11,15,17,18,19,20,21)/p+1/t4-,6?,7?,8-/m1/s1. The highest BCUT2D eigenvalue weighted by molar-refractivity contribution is 7.64. The number of hydrogen-bond donors (Lipinski definition) is 6. The Morgan fingerprint density at radius 1 is 1.29 bits per heavy atom. The van der Waals surface area contributed by atoms with E-state index in [0.29, 0.717) is 0 Å². The Labute approximate surface area is 156 Å². The Bertz CT molecular complexity index is 885. The number of aliphatic hydroxyl groups is 2. The topological polar surface area (TPSA) is 250 Å². The van der Waals surface area contributed by atoms with E-state index in [4.69, 9.17) is 25.2 Å². The van der Waals surface area contributed by atoms with Crippen molar-refractivity contribution in [2.45, 2.75) is 24.5 Å². The number of nitrogens with two attached hydrogens (primary N) is 1. The summed E-state index contributed by atoms with van der Waals surface area (Å²) in [5.74, 6) is -0.0886. The highest BCUT2D eigenvalue weighted by Crippen LogP contribution is 2.61. The van der Waals surface area contributed by atoms with Gasteiger partial charge in [0.15, 0.2) is 6.23 Å². The Balaban J connectivity index is 1.98. The molecule has 0 amide bonds. The second-order valence-corrected chi connectivity index (χ2v) is 9.16. The minimum absolute atomic E-state index is 0.0886. The van der Waals surface area contributed by atoms with Crippen LogP contribution in [0.3, 0.4) is 0 Å². The van der Waals surface area contributed by atoms with Gasteiger partial charge in [-0.25, -0.2) is 13.9 Å². The first-order chi connectivity index (χ1) is 12.8. The Hall–Kier alpha value is -1.12. The maximum Gasteiger partial charge on any atom is 0.708 e. The molecule has 1 aliphatic heterocycles. The molecule has 7 N–H and O–H groups in total. The number of aromatic nitrogens is 2. The third-order valence-corrected chi connectivity index (χ3v) is 6.58. The molecule has 0 spiro atoms. The summed E-state index contributed by atoms with van der Waals surface area (Å²) in [7, 11) is -14.3. The number of aliphatic hydroxyl groups excluding tert-OH is 2. The van der Waals surface area contributed by atoms with Gasteiger partial charge in [-0.15, -0.1) is 4.52 Å². The van der Waals surface area contributed by atoms with Crippen LogP contribution in [0.15, 0.2) is 17.1 Å². The Morgan fingerprint density at radius 2 is 1.93 bits per heavy atom. The van der Waals surface area contributed by atoms with E-state index in [9.17, 15) is 28.7 Å². The monoisotopic (exact) mass is 466 g/mol. The molecule has 16 nitrogen and oxygen atoms in total. The molecular formula is C9H15N3O13P3+. The largest absolute Gasteiger partial charge is 0.708 e. The van der Waals surface area contributed by atoms with Crippen molar-refractivity contribution in [1.29, 1.82) is 0 Å². The quantitative estimate of drug-likeness (QED) is 0.235. The molecule has 2 heterocycles. The van der Waals surface area contributed by atoms with Gasteiger partial charge in [-0.3, -0.25) is 9.46 Å². The van der Waals surface area contributed by atoms with Crippen molar-refractivity contribution in [3.8, 4) is 0 Å². The SMILES string of the molecule is Nc1ccn([C@@H]2O[C@H](CO[P+](=O)OP(=O)(O)OP(=O)(O)O)C(O)C2O)c(=O)n1. The number of rotatable bonds is 8. The van der Waals surface area contributed by atoms with Gasteiger partial charge in [0.25, 0.3) is 0 Å². The molecule has 158 valence electrons. The van der Waals surface area contributed by atoms with Gasteiger partial charge in [-0.1, -0.05) is 0 Å². The van der Waals surface area contributed by atoms with Crippen LogP contribution in [0, 0.1) is 0 Å². The van der Waals surface area contributed by atoms with Crippen molar-refractivity contribution in [3.05, 3.63) is 22.7 Å². The van der Waals surface area contributed by atoms with Crippen molar-refractivity contribution in [2.75, 3.05) is 12.3 Å². The van der Waals surface area contributed by atoms with Gasteiger partial charge < -0.3 is 30.5 Å². The molecule has 1 aromatic heterocycles. The van der Waals surface area contributed by atoms with Crippen molar-refractivity contribution < 1.29 is 56.5 Å². The van der Waals surface area contributed by atoms with E-state index in [0.717, 1.165) is 10.8 Å². The smallest absolute Gasteiger partial charge is 0.387 e. The molecule has 0 saturated carbocycles. The van der Waals surface area contributed by atoms with Crippen LogP contribution in [-0.4, -0.2) is 59.4 Å². The lowest BCUT2D eigenvalue weighted by Crippen LogP contribution is -2.36. The highest BCUT2D eigenvalue weighted by Gasteiger charge is 2.47. The predicted octanol–water partition coefficient (Wildman–Crippen LogP) is -1.66. The average molecular weight is 466 g/mol. The number of anilines is 1. The van der Waals surface area contributed by atoms with Crippen LogP contribution in [-0.2, 0) is 31.6 Å². The van der Waals surface area contributed by atoms with Gasteiger partial charge in [-0.2, -0.15) is 9.29 Å². The fourth-order valence-electron chi connectivity index (χ4n) is 2.11. The summed E-state index contributed by atoms with van der Waals surface area (Å²) >= 11 is 0. The van der Waals surface area contributed by atoms with Crippen LogP contribution >= 0.6 is 23.9 Å². The van der Waals surface area contributed by atoms with Crippen LogP contribution in [0.4, 0.5) is 5.82 Å². The van der Waals surface area contributed by atoms with Crippen molar-refractivity contribution in [3.63, 3.8) is 0 Å². The molecule has 28 heavy (non-hydrogen) atoms. The molecule has 1 aliphatic rings. The maximum atomic E-state index is 11.8. The zero-order valence-corrected chi connectivity index (χ0v) is 16.2. The molecule has 2 rings (SSSR count). The lowest BCUT2D eigenvalue weighted by atomic mass is 10.1. The second-order valence-electron chi connectivity index (χ2n) is 5.23. The molecule has 1 saturated heterocycles. The fourth-order valence-corrected chi connectivity index (χ4v) is 4.70. The van der Waals surface area contributed by atoms with Crippen LogP contribution in [0.5, 0.6) is 0 Å². The van der Waals surface area contributed by atoms with E-state index in [2.05, 4.69) is 18.1 Å². The minimum Gasteiger partial charge on any atom is -0.387 e. The first-order valence-electron chi connectivity index (χ1n) is 7.05. The zero-order valence-electron chi connectivity index (χ0n) is 13.5. The number of nitrogen functional groups attached to an aromatic ring is 1. The van der Waals surface area contributed by atoms with Gasteiger partial charge >= 0.3 is 29.6 Å². The lowest BCUT2D eigenvalue weighted by molar-refractivity contribution is -0.0516. The normalized spacial score (nSPS) is 28.1. The van der Waals surface area contributed by atoms with Gasteiger partial charge in [-0.05, 0) is 10.4 Å². The predicted molar refractivity (Wildman–Crippen MR) is 86.4 cm³/mol. The van der Waals surface area contributed by atoms with Gasteiger partial charge in [0, 0.05) is 10.8 Å². The summed E-state index contributed by atoms with van der Waals surface area (Å²) < 4.78 is 51.1. The van der Waals surface area contributed by atoms with Gasteiger partial charge in [0.1, 0.15) is 30.7 Å². The number of nitrogens with zero attached hydrogens (tertiary/aromatic N) is 2. The fraction of sp³-hybridized carbons (Fsp3) is 0.556. The molecule has 4 unspecified atom stereocenters. The molecule has 6 atom stereocenters. The molecule has 19 heteroatoms. The Kier molecular flexibility index (Phi) is 7.21. The average Bonchev–Trinajstić information content (AvgIpc) is 2.78. The number of phosphoric acid groups is 2. The van der Waals surface area contributed by atoms with E-state index in [1.165, 1.54) is 6.07 Å². The number of ether oxygens (including phenoxy) is 1. The summed E-state index contributed by atoms with van der Waals surface area (Å²) in [6, 6.07) is 1.23. The molecule has 0 radical (unpaired) electrons. The Morgan fingerprint density at radius 3 is 2.50 bits per heavy atom. The van der Waals surface area contributed by atoms with Crippen LogP contribution in [0.25, 0.3) is 0 Å². The van der Waals surface area contributed by atoms with Crippen molar-refractivity contribution >= 4 is 29.7 Å². The first kappa shape index (κ1) is 23.2. The molecular weight excluding hydrogens is 451 g/mol. The van der Waals surface area contributed by atoms with E-state index >= 15 is 0 Å². The second kappa shape index (κ2) is 8.71. The summed E-state index contributed by atoms with van der Waals surface area (Å²) in [5, 5.41) is 20.0. The van der Waals surface area contributed by atoms with Crippen molar-refractivity contribution in [2.24, 2.45) is 0 Å². The van der Waals surface area contributed by atoms with E-state index in [-0.39, 0.29) is 5.82 Å². The molecule has 1 fully saturated rings. The summed E-state index contributed by atoms with van der Waals surface area (Å²) in [6.07, 6.45) is -4.88. The summed E-state index contributed by atoms with van der Waals surface area (Å²) in [4.78, 5) is 41.1. The zero-order chi connectivity index (χ0) is 21.3. The first-order valence-corrected chi connectivity index (χ1v) is 11.2. The molecule has 0 aliphatic carbocycles. The maximum absolute atomic E-state index is 11.8.